The van der Waals surface area contributed by atoms with Crippen LogP contribution in [0.2, 0.25) is 0 Å². The Balaban J connectivity index is 2.26. The third-order valence-corrected chi connectivity index (χ3v) is 4.24. The summed E-state index contributed by atoms with van der Waals surface area (Å²) in [6.07, 6.45) is 0. The molecule has 0 saturated heterocycles. The zero-order valence-electron chi connectivity index (χ0n) is 12.5. The van der Waals surface area contributed by atoms with Gasteiger partial charge in [0.05, 0.1) is 12.3 Å². The van der Waals surface area contributed by atoms with E-state index >= 15 is 0 Å². The van der Waals surface area contributed by atoms with Gasteiger partial charge in [-0.3, -0.25) is 0 Å². The fourth-order valence-electron chi connectivity index (χ4n) is 1.93. The molecular formula is C15H20FN3OS. The summed E-state index contributed by atoms with van der Waals surface area (Å²) in [6.45, 7) is 4.22. The van der Waals surface area contributed by atoms with Gasteiger partial charge in [0, 0.05) is 31.3 Å². The lowest BCUT2D eigenvalue weighted by Crippen LogP contribution is -2.12. The quantitative estimate of drug-likeness (QED) is 0.851. The van der Waals surface area contributed by atoms with Crippen molar-refractivity contribution in [2.45, 2.75) is 20.1 Å². The molecule has 6 heteroatoms. The summed E-state index contributed by atoms with van der Waals surface area (Å²) in [6, 6.07) is 6.50. The van der Waals surface area contributed by atoms with Gasteiger partial charge < -0.3 is 15.0 Å². The topological polar surface area (TPSA) is 37.4 Å². The Morgan fingerprint density at radius 2 is 2.24 bits per heavy atom. The summed E-state index contributed by atoms with van der Waals surface area (Å²) >= 11 is 1.60. The number of thiazole rings is 1. The maximum absolute atomic E-state index is 13.3. The zero-order valence-corrected chi connectivity index (χ0v) is 13.3. The Morgan fingerprint density at radius 1 is 1.43 bits per heavy atom. The number of rotatable bonds is 7. The molecule has 1 N–H and O–H groups in total. The highest BCUT2D eigenvalue weighted by Crippen LogP contribution is 2.31. The molecule has 0 aliphatic carbocycles. The molecule has 0 aliphatic rings. The fourth-order valence-corrected chi connectivity index (χ4v) is 2.95. The monoisotopic (exact) mass is 309 g/mol. The second-order valence-corrected chi connectivity index (χ2v) is 5.68. The number of hydrogen-bond donors (Lipinski definition) is 1. The Morgan fingerprint density at radius 3 is 2.90 bits per heavy atom. The molecule has 0 bridgehead atoms. The van der Waals surface area contributed by atoms with Crippen LogP contribution in [0.3, 0.4) is 0 Å². The van der Waals surface area contributed by atoms with Crippen LogP contribution >= 0.6 is 11.3 Å². The fraction of sp³-hybridized carbons (Fsp3) is 0.400. The Kier molecular flexibility index (Phi) is 5.67. The summed E-state index contributed by atoms with van der Waals surface area (Å²) in [7, 11) is 3.55. The Bertz CT molecular complexity index is 588. The molecule has 0 fully saturated rings. The molecule has 114 valence electrons. The van der Waals surface area contributed by atoms with Gasteiger partial charge in [0.1, 0.15) is 5.82 Å². The van der Waals surface area contributed by atoms with Crippen LogP contribution in [0.4, 0.5) is 15.2 Å². The zero-order chi connectivity index (χ0) is 15.2. The smallest absolute Gasteiger partial charge is 0.190 e. The van der Waals surface area contributed by atoms with Crippen LogP contribution in [0.1, 0.15) is 17.5 Å². The van der Waals surface area contributed by atoms with Crippen molar-refractivity contribution < 1.29 is 9.13 Å². The molecule has 0 unspecified atom stereocenters. The molecular weight excluding hydrogens is 289 g/mol. The van der Waals surface area contributed by atoms with E-state index in [1.807, 2.05) is 18.0 Å². The lowest BCUT2D eigenvalue weighted by Gasteiger charge is -2.15. The van der Waals surface area contributed by atoms with E-state index in [0.717, 1.165) is 34.5 Å². The standard InChI is InChI=1S/C15H20FN3OS/c1-4-17-9-14-13(10-20-3)18-15(21-14)19(2)12-7-5-6-11(16)8-12/h5-8,17H,4,9-10H2,1-3H3. The molecule has 0 amide bonds. The first kappa shape index (κ1) is 15.9. The van der Waals surface area contributed by atoms with Gasteiger partial charge in [-0.25, -0.2) is 9.37 Å². The third-order valence-electron chi connectivity index (χ3n) is 3.07. The van der Waals surface area contributed by atoms with Crippen molar-refractivity contribution >= 4 is 22.2 Å². The van der Waals surface area contributed by atoms with Crippen LogP contribution in [0.5, 0.6) is 0 Å². The maximum Gasteiger partial charge on any atom is 0.190 e. The molecule has 0 radical (unpaired) electrons. The van der Waals surface area contributed by atoms with Gasteiger partial charge in [0.25, 0.3) is 0 Å². The molecule has 0 saturated carbocycles. The number of anilines is 2. The molecule has 1 aromatic carbocycles. The van der Waals surface area contributed by atoms with Crippen LogP contribution in [-0.2, 0) is 17.9 Å². The summed E-state index contributed by atoms with van der Waals surface area (Å²) in [4.78, 5) is 7.66. The highest BCUT2D eigenvalue weighted by molar-refractivity contribution is 7.15. The van der Waals surface area contributed by atoms with Crippen molar-refractivity contribution in [1.29, 1.82) is 0 Å². The maximum atomic E-state index is 13.3. The average Bonchev–Trinajstić information content (AvgIpc) is 2.88. The van der Waals surface area contributed by atoms with Gasteiger partial charge >= 0.3 is 0 Å². The van der Waals surface area contributed by atoms with Crippen molar-refractivity contribution in [2.24, 2.45) is 0 Å². The third kappa shape index (κ3) is 4.00. The van der Waals surface area contributed by atoms with Gasteiger partial charge in [-0.1, -0.05) is 24.3 Å². The molecule has 0 atom stereocenters. The summed E-state index contributed by atoms with van der Waals surface area (Å²) in [5.74, 6) is -0.249. The van der Waals surface area contributed by atoms with E-state index in [9.17, 15) is 4.39 Å². The molecule has 1 aromatic heterocycles. The number of hydrogen-bond acceptors (Lipinski definition) is 5. The molecule has 0 aliphatic heterocycles. The lowest BCUT2D eigenvalue weighted by atomic mass is 10.3. The van der Waals surface area contributed by atoms with Gasteiger partial charge in [0.15, 0.2) is 5.13 Å². The predicted molar refractivity (Wildman–Crippen MR) is 84.7 cm³/mol. The first-order valence-corrected chi connectivity index (χ1v) is 7.64. The summed E-state index contributed by atoms with van der Waals surface area (Å²) in [5, 5.41) is 4.13. The van der Waals surface area contributed by atoms with Gasteiger partial charge in [0.2, 0.25) is 0 Å². The number of halogens is 1. The molecule has 1 heterocycles. The second kappa shape index (κ2) is 7.49. The molecule has 0 spiro atoms. The summed E-state index contributed by atoms with van der Waals surface area (Å²) < 4.78 is 18.5. The van der Waals surface area contributed by atoms with Crippen molar-refractivity contribution in [3.63, 3.8) is 0 Å². The SMILES string of the molecule is CCNCc1sc(N(C)c2cccc(F)c2)nc1COC. The molecule has 2 aromatic rings. The van der Waals surface area contributed by atoms with E-state index in [4.69, 9.17) is 4.74 Å². The van der Waals surface area contributed by atoms with Crippen molar-refractivity contribution in [3.8, 4) is 0 Å². The van der Waals surface area contributed by atoms with E-state index in [0.29, 0.717) is 6.61 Å². The predicted octanol–water partition coefficient (Wildman–Crippen LogP) is 3.31. The number of benzene rings is 1. The number of ether oxygens (including phenoxy) is 1. The highest BCUT2D eigenvalue weighted by atomic mass is 32.1. The van der Waals surface area contributed by atoms with Crippen LogP contribution in [0.15, 0.2) is 24.3 Å². The van der Waals surface area contributed by atoms with E-state index in [1.54, 1.807) is 24.5 Å². The lowest BCUT2D eigenvalue weighted by molar-refractivity contribution is 0.181. The van der Waals surface area contributed by atoms with Crippen LogP contribution in [0.25, 0.3) is 0 Å². The molecule has 2 rings (SSSR count). The number of nitrogens with zero attached hydrogens (tertiary/aromatic N) is 2. The van der Waals surface area contributed by atoms with Crippen molar-refractivity contribution in [1.82, 2.24) is 10.3 Å². The van der Waals surface area contributed by atoms with E-state index in [2.05, 4.69) is 17.2 Å². The van der Waals surface area contributed by atoms with Crippen molar-refractivity contribution in [3.05, 3.63) is 40.7 Å². The van der Waals surface area contributed by atoms with E-state index in [1.165, 1.54) is 12.1 Å². The van der Waals surface area contributed by atoms with Crippen LogP contribution in [0, 0.1) is 5.82 Å². The van der Waals surface area contributed by atoms with E-state index in [-0.39, 0.29) is 5.82 Å². The minimum absolute atomic E-state index is 0.249. The minimum atomic E-state index is -0.249. The summed E-state index contributed by atoms with van der Waals surface area (Å²) in [5.41, 5.74) is 1.71. The van der Waals surface area contributed by atoms with Gasteiger partial charge in [-0.2, -0.15) is 0 Å². The van der Waals surface area contributed by atoms with Crippen LogP contribution in [-0.4, -0.2) is 25.7 Å². The van der Waals surface area contributed by atoms with Gasteiger partial charge in [-0.15, -0.1) is 0 Å². The number of nitrogens with one attached hydrogen (secondary N) is 1. The normalized spacial score (nSPS) is 10.9. The molecule has 4 nitrogen and oxygen atoms in total. The molecule has 21 heavy (non-hydrogen) atoms. The average molecular weight is 309 g/mol. The van der Waals surface area contributed by atoms with Gasteiger partial charge in [-0.05, 0) is 24.7 Å². The first-order chi connectivity index (χ1) is 10.2. The Labute approximate surface area is 128 Å². The largest absolute Gasteiger partial charge is 0.378 e. The van der Waals surface area contributed by atoms with E-state index < -0.39 is 0 Å². The number of methoxy groups -OCH3 is 1. The first-order valence-electron chi connectivity index (χ1n) is 6.83. The van der Waals surface area contributed by atoms with Crippen LogP contribution < -0.4 is 10.2 Å². The minimum Gasteiger partial charge on any atom is -0.378 e. The second-order valence-electron chi connectivity index (χ2n) is 4.62. The highest BCUT2D eigenvalue weighted by Gasteiger charge is 2.15. The van der Waals surface area contributed by atoms with Crippen molar-refractivity contribution in [2.75, 3.05) is 25.6 Å². The Hall–Kier alpha value is -1.50. The number of aromatic nitrogens is 1.